The van der Waals surface area contributed by atoms with Crippen LogP contribution in [0.3, 0.4) is 0 Å². The van der Waals surface area contributed by atoms with E-state index in [-0.39, 0.29) is 18.6 Å². The van der Waals surface area contributed by atoms with Gasteiger partial charge < -0.3 is 15.2 Å². The topological polar surface area (TPSA) is 41.5 Å². The Morgan fingerprint density at radius 1 is 1.42 bits per heavy atom. The molecular formula is C15H20ClNO2. The Labute approximate surface area is 119 Å². The van der Waals surface area contributed by atoms with Crippen molar-refractivity contribution in [2.24, 2.45) is 5.92 Å². The monoisotopic (exact) mass is 281 g/mol. The minimum absolute atomic E-state index is 0.197. The van der Waals surface area contributed by atoms with Gasteiger partial charge in [0, 0.05) is 29.8 Å². The van der Waals surface area contributed by atoms with Gasteiger partial charge in [-0.1, -0.05) is 18.5 Å². The molecule has 0 saturated heterocycles. The Morgan fingerprint density at radius 3 is 2.95 bits per heavy atom. The van der Waals surface area contributed by atoms with Gasteiger partial charge in [0.2, 0.25) is 0 Å². The van der Waals surface area contributed by atoms with Crippen LogP contribution < -0.4 is 10.1 Å². The predicted molar refractivity (Wildman–Crippen MR) is 78.6 cm³/mol. The molecule has 1 aliphatic heterocycles. The average molecular weight is 282 g/mol. The molecule has 0 bridgehead atoms. The zero-order valence-corrected chi connectivity index (χ0v) is 12.1. The molecule has 0 amide bonds. The van der Waals surface area contributed by atoms with E-state index >= 15 is 0 Å². The van der Waals surface area contributed by atoms with E-state index in [9.17, 15) is 0 Å². The SMILES string of the molecule is CC(CO)C(C)NCC1=Cc2cc(Cl)ccc2OC1. The molecular weight excluding hydrogens is 262 g/mol. The summed E-state index contributed by atoms with van der Waals surface area (Å²) < 4.78 is 5.69. The maximum Gasteiger partial charge on any atom is 0.127 e. The quantitative estimate of drug-likeness (QED) is 0.872. The number of fused-ring (bicyclic) bond motifs is 1. The third-order valence-corrected chi connectivity index (χ3v) is 3.77. The third-order valence-electron chi connectivity index (χ3n) is 3.54. The summed E-state index contributed by atoms with van der Waals surface area (Å²) in [6, 6.07) is 5.92. The molecule has 2 rings (SSSR count). The first-order chi connectivity index (χ1) is 9.10. The molecule has 0 spiro atoms. The van der Waals surface area contributed by atoms with Gasteiger partial charge >= 0.3 is 0 Å². The highest BCUT2D eigenvalue weighted by molar-refractivity contribution is 6.30. The second-order valence-electron chi connectivity index (χ2n) is 5.10. The highest BCUT2D eigenvalue weighted by Gasteiger charge is 2.14. The maximum atomic E-state index is 9.11. The molecule has 0 fully saturated rings. The van der Waals surface area contributed by atoms with Crippen LogP contribution in [0.2, 0.25) is 5.02 Å². The van der Waals surface area contributed by atoms with Crippen molar-refractivity contribution in [1.82, 2.24) is 5.32 Å². The van der Waals surface area contributed by atoms with Crippen molar-refractivity contribution in [3.63, 3.8) is 0 Å². The van der Waals surface area contributed by atoms with Crippen molar-refractivity contribution in [2.75, 3.05) is 19.8 Å². The van der Waals surface area contributed by atoms with E-state index in [1.165, 1.54) is 5.57 Å². The zero-order valence-electron chi connectivity index (χ0n) is 11.3. The Bertz CT molecular complexity index is 473. The van der Waals surface area contributed by atoms with E-state index in [4.69, 9.17) is 21.4 Å². The zero-order chi connectivity index (χ0) is 13.8. The Hall–Kier alpha value is -1.03. The average Bonchev–Trinajstić information content (AvgIpc) is 2.43. The summed E-state index contributed by atoms with van der Waals surface area (Å²) in [5, 5.41) is 13.2. The Morgan fingerprint density at radius 2 is 2.21 bits per heavy atom. The van der Waals surface area contributed by atoms with Gasteiger partial charge in [-0.3, -0.25) is 0 Å². The molecule has 4 heteroatoms. The van der Waals surface area contributed by atoms with Gasteiger partial charge in [-0.25, -0.2) is 0 Å². The van der Waals surface area contributed by atoms with Crippen LogP contribution in [-0.2, 0) is 0 Å². The molecule has 1 aromatic carbocycles. The molecule has 1 heterocycles. The van der Waals surface area contributed by atoms with E-state index in [2.05, 4.69) is 18.3 Å². The van der Waals surface area contributed by atoms with Gasteiger partial charge in [-0.2, -0.15) is 0 Å². The van der Waals surface area contributed by atoms with Crippen LogP contribution in [0, 0.1) is 5.92 Å². The number of ether oxygens (including phenoxy) is 1. The standard InChI is InChI=1S/C15H20ClNO2/c1-10(8-18)11(2)17-7-12-5-13-6-14(16)3-4-15(13)19-9-12/h3-6,10-11,17-18H,7-9H2,1-2H3. The maximum absolute atomic E-state index is 9.11. The molecule has 104 valence electrons. The van der Waals surface area contributed by atoms with Crippen molar-refractivity contribution < 1.29 is 9.84 Å². The fourth-order valence-electron chi connectivity index (χ4n) is 1.95. The van der Waals surface area contributed by atoms with Gasteiger partial charge in [0.1, 0.15) is 12.4 Å². The van der Waals surface area contributed by atoms with E-state index < -0.39 is 0 Å². The second-order valence-corrected chi connectivity index (χ2v) is 5.54. The first-order valence-corrected chi connectivity index (χ1v) is 6.94. The van der Waals surface area contributed by atoms with Gasteiger partial charge in [0.05, 0.1) is 0 Å². The van der Waals surface area contributed by atoms with Crippen molar-refractivity contribution in [3.8, 4) is 5.75 Å². The molecule has 3 nitrogen and oxygen atoms in total. The fourth-order valence-corrected chi connectivity index (χ4v) is 2.13. The Balaban J connectivity index is 1.99. The lowest BCUT2D eigenvalue weighted by atomic mass is 10.0. The van der Waals surface area contributed by atoms with Crippen molar-refractivity contribution in [3.05, 3.63) is 34.4 Å². The number of rotatable bonds is 5. The van der Waals surface area contributed by atoms with Gasteiger partial charge in [0.25, 0.3) is 0 Å². The summed E-state index contributed by atoms with van der Waals surface area (Å²) in [5.74, 6) is 1.12. The number of halogens is 1. The van der Waals surface area contributed by atoms with Crippen molar-refractivity contribution >= 4 is 17.7 Å². The van der Waals surface area contributed by atoms with E-state index in [1.54, 1.807) is 0 Å². The molecule has 0 radical (unpaired) electrons. The normalized spacial score (nSPS) is 17.2. The van der Waals surface area contributed by atoms with Gasteiger partial charge in [-0.05, 0) is 42.7 Å². The minimum atomic E-state index is 0.197. The summed E-state index contributed by atoms with van der Waals surface area (Å²) in [6.45, 7) is 5.66. The van der Waals surface area contributed by atoms with Gasteiger partial charge in [-0.15, -0.1) is 0 Å². The summed E-state index contributed by atoms with van der Waals surface area (Å²) in [6.07, 6.45) is 2.12. The summed E-state index contributed by atoms with van der Waals surface area (Å²) in [5.41, 5.74) is 2.21. The molecule has 0 aromatic heterocycles. The molecule has 2 N–H and O–H groups in total. The number of aliphatic hydroxyl groups is 1. The summed E-state index contributed by atoms with van der Waals surface area (Å²) >= 11 is 5.98. The van der Waals surface area contributed by atoms with Crippen LogP contribution in [0.25, 0.3) is 6.08 Å². The molecule has 0 aliphatic carbocycles. The summed E-state index contributed by atoms with van der Waals surface area (Å²) in [4.78, 5) is 0. The number of nitrogens with one attached hydrogen (secondary N) is 1. The second kappa shape index (κ2) is 6.42. The Kier molecular flexibility index (Phi) is 4.86. The van der Waals surface area contributed by atoms with Crippen LogP contribution in [0.5, 0.6) is 5.75 Å². The van der Waals surface area contributed by atoms with Gasteiger partial charge in [0.15, 0.2) is 0 Å². The van der Waals surface area contributed by atoms with Crippen molar-refractivity contribution in [2.45, 2.75) is 19.9 Å². The van der Waals surface area contributed by atoms with Crippen LogP contribution in [-0.4, -0.2) is 30.9 Å². The van der Waals surface area contributed by atoms with E-state index in [0.717, 1.165) is 22.9 Å². The lowest BCUT2D eigenvalue weighted by molar-refractivity contribution is 0.208. The van der Waals surface area contributed by atoms with E-state index in [0.29, 0.717) is 6.61 Å². The minimum Gasteiger partial charge on any atom is -0.489 e. The van der Waals surface area contributed by atoms with Crippen molar-refractivity contribution in [1.29, 1.82) is 0 Å². The molecule has 2 atom stereocenters. The first-order valence-electron chi connectivity index (χ1n) is 6.56. The first kappa shape index (κ1) is 14.4. The number of hydrogen-bond acceptors (Lipinski definition) is 3. The summed E-state index contributed by atoms with van der Waals surface area (Å²) in [7, 11) is 0. The number of hydrogen-bond donors (Lipinski definition) is 2. The third kappa shape index (κ3) is 3.72. The lowest BCUT2D eigenvalue weighted by Gasteiger charge is -2.23. The van der Waals surface area contributed by atoms with Crippen LogP contribution in [0.1, 0.15) is 19.4 Å². The van der Waals surface area contributed by atoms with Crippen LogP contribution in [0.15, 0.2) is 23.8 Å². The van der Waals surface area contributed by atoms with Crippen LogP contribution in [0.4, 0.5) is 0 Å². The number of aliphatic hydroxyl groups excluding tert-OH is 1. The van der Waals surface area contributed by atoms with Crippen LogP contribution >= 0.6 is 11.6 Å². The highest BCUT2D eigenvalue weighted by Crippen LogP contribution is 2.28. The number of benzene rings is 1. The molecule has 1 aromatic rings. The highest BCUT2D eigenvalue weighted by atomic mass is 35.5. The molecule has 19 heavy (non-hydrogen) atoms. The molecule has 0 saturated carbocycles. The smallest absolute Gasteiger partial charge is 0.127 e. The lowest BCUT2D eigenvalue weighted by Crippen LogP contribution is -2.36. The molecule has 2 unspecified atom stereocenters. The molecule has 1 aliphatic rings. The van der Waals surface area contributed by atoms with E-state index in [1.807, 2.05) is 25.1 Å². The fraction of sp³-hybridized carbons (Fsp3) is 0.467. The largest absolute Gasteiger partial charge is 0.489 e. The predicted octanol–water partition coefficient (Wildman–Crippen LogP) is 2.72.